The quantitative estimate of drug-likeness (QED) is 0.162. The molecular formula is C25H42N8O6P2. The van der Waals surface area contributed by atoms with E-state index in [1.807, 2.05) is 35.1 Å². The summed E-state index contributed by atoms with van der Waals surface area (Å²) in [6.07, 6.45) is 14.7. The summed E-state index contributed by atoms with van der Waals surface area (Å²) in [4.78, 5) is 56.1. The van der Waals surface area contributed by atoms with Gasteiger partial charge in [-0.05, 0) is 0 Å². The Bertz CT molecular complexity index is 1040. The van der Waals surface area contributed by atoms with E-state index >= 15 is 0 Å². The lowest BCUT2D eigenvalue weighted by molar-refractivity contribution is -0.139. The second-order valence-electron chi connectivity index (χ2n) is 8.72. The number of amides is 5. The number of aliphatic carboxylic acids is 1. The van der Waals surface area contributed by atoms with Crippen molar-refractivity contribution in [3.05, 3.63) is 48.6 Å². The molecular weight excluding hydrogens is 570 g/mol. The first-order valence-corrected chi connectivity index (χ1v) is 13.8. The first-order chi connectivity index (χ1) is 19.5. The van der Waals surface area contributed by atoms with Crippen LogP contribution in [0, 0.1) is 0 Å². The Kier molecular flexibility index (Phi) is 16.7. The van der Waals surface area contributed by atoms with Crippen LogP contribution in [0.3, 0.4) is 0 Å². The molecule has 0 spiro atoms. The third-order valence-electron chi connectivity index (χ3n) is 6.01. The molecule has 5 amide bonds. The molecule has 0 aromatic rings. The van der Waals surface area contributed by atoms with Crippen LogP contribution in [0.25, 0.3) is 0 Å². The molecule has 0 saturated heterocycles. The van der Waals surface area contributed by atoms with E-state index in [2.05, 4.69) is 45.4 Å². The second kappa shape index (κ2) is 19.1. The molecule has 6 N–H and O–H groups in total. The average molecular weight is 613 g/mol. The van der Waals surface area contributed by atoms with Crippen LogP contribution >= 0.6 is 18.8 Å². The number of nitrogens with one attached hydrogen (secondary N) is 5. The summed E-state index contributed by atoms with van der Waals surface area (Å²) in [6.45, 7) is 2.83. The summed E-state index contributed by atoms with van der Waals surface area (Å²) in [5, 5.41) is 21.6. The van der Waals surface area contributed by atoms with Crippen molar-refractivity contribution in [3.63, 3.8) is 0 Å². The van der Waals surface area contributed by atoms with E-state index in [-0.39, 0.29) is 35.8 Å². The lowest BCUT2D eigenvalue weighted by Gasteiger charge is -2.22. The minimum absolute atomic E-state index is 0.0313. The van der Waals surface area contributed by atoms with Gasteiger partial charge in [-0.3, -0.25) is 33.8 Å². The van der Waals surface area contributed by atoms with E-state index in [9.17, 15) is 24.0 Å². The van der Waals surface area contributed by atoms with E-state index in [1.54, 1.807) is 51.1 Å². The molecule has 0 aromatic carbocycles. The monoisotopic (exact) mass is 612 g/mol. The first-order valence-electron chi connectivity index (χ1n) is 12.8. The number of hydrogen-bond donors (Lipinski definition) is 6. The van der Waals surface area contributed by atoms with Gasteiger partial charge >= 0.3 is 12.0 Å². The highest BCUT2D eigenvalue weighted by atomic mass is 31.0. The second-order valence-corrected chi connectivity index (χ2v) is 10.0. The summed E-state index contributed by atoms with van der Waals surface area (Å²) in [5.74, 6) is -0.886. The van der Waals surface area contributed by atoms with Crippen molar-refractivity contribution in [2.24, 2.45) is 0 Å². The predicted octanol–water partition coefficient (Wildman–Crippen LogP) is -1.56. The lowest BCUT2D eigenvalue weighted by Crippen LogP contribution is -2.48. The molecule has 4 aliphatic heterocycles. The first kappa shape index (κ1) is 35.9. The van der Waals surface area contributed by atoms with E-state index in [0.29, 0.717) is 13.1 Å². The van der Waals surface area contributed by atoms with Crippen molar-refractivity contribution in [1.29, 1.82) is 0 Å². The zero-order chi connectivity index (χ0) is 30.9. The van der Waals surface area contributed by atoms with Crippen LogP contribution in [0.5, 0.6) is 0 Å². The summed E-state index contributed by atoms with van der Waals surface area (Å²) >= 11 is 0. The van der Waals surface area contributed by atoms with Crippen molar-refractivity contribution >= 4 is 48.5 Å². The van der Waals surface area contributed by atoms with Crippen molar-refractivity contribution in [2.45, 2.75) is 24.2 Å². The largest absolute Gasteiger partial charge is 0.480 e. The third-order valence-corrected chi connectivity index (χ3v) is 7.07. The predicted molar refractivity (Wildman–Crippen MR) is 164 cm³/mol. The number of carbonyl (C=O) groups excluding carboxylic acids is 4. The Morgan fingerprint density at radius 2 is 1.17 bits per heavy atom. The summed E-state index contributed by atoms with van der Waals surface area (Å²) in [5.41, 5.74) is 0. The van der Waals surface area contributed by atoms with E-state index in [0.717, 1.165) is 13.1 Å². The van der Waals surface area contributed by atoms with E-state index in [1.165, 1.54) is 4.90 Å². The molecule has 4 heterocycles. The van der Waals surface area contributed by atoms with Gasteiger partial charge in [-0.2, -0.15) is 0 Å². The Hall–Kier alpha value is -3.15. The van der Waals surface area contributed by atoms with Gasteiger partial charge in [0.25, 0.3) is 0 Å². The number of carbonyl (C=O) groups is 5. The van der Waals surface area contributed by atoms with Crippen molar-refractivity contribution in [2.75, 3.05) is 54.4 Å². The fourth-order valence-electron chi connectivity index (χ4n) is 3.73. The summed E-state index contributed by atoms with van der Waals surface area (Å²) < 4.78 is 3.58. The molecule has 14 nitrogen and oxygen atoms in total. The van der Waals surface area contributed by atoms with Crippen molar-refractivity contribution in [3.8, 4) is 0 Å². The molecule has 228 valence electrons. The maximum atomic E-state index is 11.3. The summed E-state index contributed by atoms with van der Waals surface area (Å²) in [7, 11) is 11.3. The minimum Gasteiger partial charge on any atom is -0.480 e. The highest BCUT2D eigenvalue weighted by Crippen LogP contribution is 2.14. The maximum Gasteiger partial charge on any atom is 0.325 e. The molecule has 4 rings (SSSR count). The molecule has 2 unspecified atom stereocenters. The van der Waals surface area contributed by atoms with Gasteiger partial charge in [0.2, 0.25) is 17.7 Å². The number of carboxylic acids is 1. The highest BCUT2D eigenvalue weighted by Gasteiger charge is 2.29. The molecule has 0 radical (unpaired) electrons. The zero-order valence-electron chi connectivity index (χ0n) is 23.7. The van der Waals surface area contributed by atoms with Crippen LogP contribution in [-0.2, 0) is 19.2 Å². The lowest BCUT2D eigenvalue weighted by atomic mass is 10.3. The Labute approximate surface area is 245 Å². The highest BCUT2D eigenvalue weighted by molar-refractivity contribution is 7.13. The number of nitrogens with zero attached hydrogens (tertiary/aromatic N) is 3. The molecule has 6 atom stereocenters. The zero-order valence-corrected chi connectivity index (χ0v) is 26.1. The van der Waals surface area contributed by atoms with Gasteiger partial charge in [-0.25, -0.2) is 4.79 Å². The molecule has 0 aliphatic carbocycles. The van der Waals surface area contributed by atoms with Crippen molar-refractivity contribution in [1.82, 2.24) is 40.8 Å². The van der Waals surface area contributed by atoms with Gasteiger partial charge < -0.3 is 31.3 Å². The number of urea groups is 1. The number of carboxylic acid groups (broad SMARTS) is 1. The molecule has 0 saturated carbocycles. The molecule has 0 bridgehead atoms. The fourth-order valence-corrected chi connectivity index (χ4v) is 4.44. The molecule has 16 heteroatoms. The topological polar surface area (TPSA) is 175 Å². The van der Waals surface area contributed by atoms with Crippen LogP contribution in [-0.4, -0.2) is 128 Å². The van der Waals surface area contributed by atoms with Crippen molar-refractivity contribution < 1.29 is 29.1 Å². The van der Waals surface area contributed by atoms with Gasteiger partial charge in [-0.15, -0.1) is 0 Å². The van der Waals surface area contributed by atoms with Crippen LogP contribution in [0.4, 0.5) is 4.79 Å². The van der Waals surface area contributed by atoms with Crippen LogP contribution in [0.1, 0.15) is 0 Å². The fraction of sp³-hybridized carbons (Fsp3) is 0.480. The van der Waals surface area contributed by atoms with Crippen LogP contribution in [0.15, 0.2) is 48.6 Å². The third kappa shape index (κ3) is 11.7. The van der Waals surface area contributed by atoms with Crippen LogP contribution in [0.2, 0.25) is 0 Å². The standard InChI is InChI=1S/C8H13N3O2.C6H11N2OP.C6H10N2O.C5H8NO2P/c1-9-7(12)6-4-3-5-11(6)8(13)10-2;1-7-6(9)5-3-2-4-8(5)10;1-7-6(9)5-3-2-4-8-5;7-5(8)4-2-1-3-6(4)9/h3-4,6H,5H2,1-2H3,(H,9,12)(H,10,13);2-3,5H,4,10H2,1H3,(H,7,9);2-3,5,8H,4H2,1H3,(H,7,9);1-2,4H,3,9H2,(H,7,8)/t6-;2*5-;4-/m1111/s1. The van der Waals surface area contributed by atoms with E-state index in [4.69, 9.17) is 5.11 Å². The van der Waals surface area contributed by atoms with Crippen LogP contribution < -0.4 is 26.6 Å². The van der Waals surface area contributed by atoms with Gasteiger partial charge in [0.1, 0.15) is 24.2 Å². The number of rotatable bonds is 4. The maximum absolute atomic E-state index is 11.3. The Morgan fingerprint density at radius 1 is 0.683 bits per heavy atom. The molecule has 0 aromatic heterocycles. The Balaban J connectivity index is 0.000000277. The van der Waals surface area contributed by atoms with Gasteiger partial charge in [0, 0.05) is 54.4 Å². The molecule has 0 fully saturated rings. The average Bonchev–Trinajstić information content (AvgIpc) is 3.80. The minimum atomic E-state index is -0.793. The molecule has 41 heavy (non-hydrogen) atoms. The van der Waals surface area contributed by atoms with E-state index < -0.39 is 18.1 Å². The molecule has 4 aliphatic rings. The number of likely N-dealkylation sites (N-methyl/N-ethyl adjacent to an activating group) is 3. The normalized spacial score (nSPS) is 23.8. The number of hydrogen-bond acceptors (Lipinski definition) is 8. The van der Waals surface area contributed by atoms with Gasteiger partial charge in [0.05, 0.1) is 0 Å². The van der Waals surface area contributed by atoms with Gasteiger partial charge in [0.15, 0.2) is 0 Å². The SMILES string of the molecule is CNC(=O)[C@H]1C=CCN1.CNC(=O)[C@H]1C=CCN1C(=O)NC.CNC(=O)[C@H]1C=CCN1P.O=C(O)[C@H]1C=CCN1P. The van der Waals surface area contributed by atoms with Gasteiger partial charge in [-0.1, -0.05) is 67.4 Å². The summed E-state index contributed by atoms with van der Waals surface area (Å²) in [6, 6.07) is -1.33. The smallest absolute Gasteiger partial charge is 0.325 e. The Morgan fingerprint density at radius 3 is 1.56 bits per heavy atom.